The summed E-state index contributed by atoms with van der Waals surface area (Å²) in [6.45, 7) is 0.582. The molecular formula is C16H21NO5S. The zero-order chi connectivity index (χ0) is 17.0. The molecule has 1 aliphatic heterocycles. The third-order valence-corrected chi connectivity index (χ3v) is 5.19. The van der Waals surface area contributed by atoms with Gasteiger partial charge in [-0.1, -0.05) is 12.1 Å². The number of benzene rings is 1. The van der Waals surface area contributed by atoms with Crippen LogP contribution in [0.3, 0.4) is 0 Å². The van der Waals surface area contributed by atoms with Crippen LogP contribution in [0.2, 0.25) is 0 Å². The number of sulfone groups is 1. The van der Waals surface area contributed by atoms with Gasteiger partial charge in [-0.2, -0.15) is 0 Å². The fourth-order valence-corrected chi connectivity index (χ4v) is 3.50. The molecule has 0 spiro atoms. The zero-order valence-electron chi connectivity index (χ0n) is 13.1. The first-order valence-corrected chi connectivity index (χ1v) is 9.47. The first-order valence-electron chi connectivity index (χ1n) is 7.57. The van der Waals surface area contributed by atoms with Gasteiger partial charge < -0.3 is 10.0 Å². The van der Waals surface area contributed by atoms with Crippen LogP contribution < -0.4 is 0 Å². The van der Waals surface area contributed by atoms with E-state index in [1.165, 1.54) is 12.1 Å². The maximum Gasteiger partial charge on any atom is 0.305 e. The molecule has 1 aliphatic rings. The van der Waals surface area contributed by atoms with Crippen molar-refractivity contribution >= 4 is 21.7 Å². The van der Waals surface area contributed by atoms with Gasteiger partial charge in [0.2, 0.25) is 5.91 Å². The Hall–Kier alpha value is -1.89. The molecule has 1 heterocycles. The summed E-state index contributed by atoms with van der Waals surface area (Å²) >= 11 is 0. The number of hydrogen-bond acceptors (Lipinski definition) is 4. The second-order valence-corrected chi connectivity index (χ2v) is 7.94. The number of rotatable bonds is 5. The molecule has 7 heteroatoms. The molecule has 1 aromatic carbocycles. The lowest BCUT2D eigenvalue weighted by Crippen LogP contribution is -2.45. The van der Waals surface area contributed by atoms with E-state index in [2.05, 4.69) is 0 Å². The van der Waals surface area contributed by atoms with Crippen molar-refractivity contribution in [2.24, 2.45) is 0 Å². The second-order valence-electron chi connectivity index (χ2n) is 5.93. The molecule has 0 bridgehead atoms. The van der Waals surface area contributed by atoms with Crippen LogP contribution in [-0.4, -0.2) is 49.1 Å². The molecule has 6 nitrogen and oxygen atoms in total. The van der Waals surface area contributed by atoms with Crippen molar-refractivity contribution < 1.29 is 23.1 Å². The first-order chi connectivity index (χ1) is 10.8. The van der Waals surface area contributed by atoms with Crippen LogP contribution in [0, 0.1) is 0 Å². The Balaban J connectivity index is 2.06. The highest BCUT2D eigenvalue weighted by molar-refractivity contribution is 7.90. The van der Waals surface area contributed by atoms with E-state index in [1.807, 2.05) is 0 Å². The molecule has 0 saturated carbocycles. The van der Waals surface area contributed by atoms with Crippen LogP contribution in [-0.2, 0) is 25.8 Å². The summed E-state index contributed by atoms with van der Waals surface area (Å²) in [5, 5.41) is 8.97. The minimum atomic E-state index is -3.25. The number of aliphatic carboxylic acids is 1. The highest BCUT2D eigenvalue weighted by Crippen LogP contribution is 2.21. The van der Waals surface area contributed by atoms with Crippen LogP contribution in [0.15, 0.2) is 29.2 Å². The Kier molecular flexibility index (Phi) is 5.41. The van der Waals surface area contributed by atoms with Crippen molar-refractivity contribution in [2.45, 2.75) is 43.0 Å². The Bertz CT molecular complexity index is 681. The van der Waals surface area contributed by atoms with E-state index < -0.39 is 15.8 Å². The summed E-state index contributed by atoms with van der Waals surface area (Å²) in [5.41, 5.74) is 0.724. The normalized spacial score (nSPS) is 18.7. The monoisotopic (exact) mass is 339 g/mol. The predicted molar refractivity (Wildman–Crippen MR) is 84.9 cm³/mol. The summed E-state index contributed by atoms with van der Waals surface area (Å²) in [4.78, 5) is 25.3. The molecule has 1 amide bonds. The van der Waals surface area contributed by atoms with E-state index in [-0.39, 0.29) is 29.7 Å². The smallest absolute Gasteiger partial charge is 0.305 e. The Labute approximate surface area is 136 Å². The molecule has 0 radical (unpaired) electrons. The van der Waals surface area contributed by atoms with Crippen molar-refractivity contribution in [2.75, 3.05) is 12.8 Å². The van der Waals surface area contributed by atoms with Crippen LogP contribution in [0.1, 0.15) is 31.2 Å². The topological polar surface area (TPSA) is 91.8 Å². The van der Waals surface area contributed by atoms with Crippen molar-refractivity contribution in [3.63, 3.8) is 0 Å². The Morgan fingerprint density at radius 3 is 2.43 bits per heavy atom. The third kappa shape index (κ3) is 4.79. The number of hydrogen-bond donors (Lipinski definition) is 1. The number of piperidine rings is 1. The van der Waals surface area contributed by atoms with Gasteiger partial charge in [-0.25, -0.2) is 8.42 Å². The number of carboxylic acids is 1. The minimum Gasteiger partial charge on any atom is -0.481 e. The summed E-state index contributed by atoms with van der Waals surface area (Å²) < 4.78 is 22.9. The average Bonchev–Trinajstić information content (AvgIpc) is 2.46. The molecule has 23 heavy (non-hydrogen) atoms. The molecule has 0 unspecified atom stereocenters. The van der Waals surface area contributed by atoms with E-state index in [0.717, 1.165) is 24.7 Å². The van der Waals surface area contributed by atoms with Crippen LogP contribution in [0.25, 0.3) is 0 Å². The maximum absolute atomic E-state index is 12.5. The molecule has 1 fully saturated rings. The summed E-state index contributed by atoms with van der Waals surface area (Å²) in [5.74, 6) is -1.00. The number of nitrogens with zero attached hydrogens (tertiary/aromatic N) is 1. The van der Waals surface area contributed by atoms with Gasteiger partial charge in [0.15, 0.2) is 9.84 Å². The van der Waals surface area contributed by atoms with Gasteiger partial charge in [-0.15, -0.1) is 0 Å². The molecule has 2 rings (SSSR count). The summed E-state index contributed by atoms with van der Waals surface area (Å²) in [7, 11) is -3.25. The van der Waals surface area contributed by atoms with Gasteiger partial charge in [-0.3, -0.25) is 9.59 Å². The third-order valence-electron chi connectivity index (χ3n) is 4.06. The van der Waals surface area contributed by atoms with Crippen molar-refractivity contribution in [3.05, 3.63) is 29.8 Å². The van der Waals surface area contributed by atoms with E-state index in [9.17, 15) is 18.0 Å². The molecule has 126 valence electrons. The second kappa shape index (κ2) is 7.12. The molecular weight excluding hydrogens is 318 g/mol. The van der Waals surface area contributed by atoms with E-state index >= 15 is 0 Å². The Morgan fingerprint density at radius 1 is 1.22 bits per heavy atom. The lowest BCUT2D eigenvalue weighted by Gasteiger charge is -2.35. The number of amides is 1. The lowest BCUT2D eigenvalue weighted by molar-refractivity contribution is -0.141. The van der Waals surface area contributed by atoms with Gasteiger partial charge in [0.1, 0.15) is 0 Å². The SMILES string of the molecule is CS(=O)(=O)c1ccc(CC(=O)N2CCCC[C@H]2CC(=O)O)cc1. The number of carbonyl (C=O) groups is 2. The summed E-state index contributed by atoms with van der Waals surface area (Å²) in [6, 6.07) is 5.99. The van der Waals surface area contributed by atoms with E-state index in [1.54, 1.807) is 17.0 Å². The Morgan fingerprint density at radius 2 is 1.87 bits per heavy atom. The van der Waals surface area contributed by atoms with Gasteiger partial charge in [0.25, 0.3) is 0 Å². The van der Waals surface area contributed by atoms with Crippen LogP contribution in [0.5, 0.6) is 0 Å². The number of carboxylic acid groups (broad SMARTS) is 1. The van der Waals surface area contributed by atoms with Gasteiger partial charge in [0.05, 0.1) is 17.7 Å². The maximum atomic E-state index is 12.5. The molecule has 1 saturated heterocycles. The summed E-state index contributed by atoms with van der Waals surface area (Å²) in [6.07, 6.45) is 3.79. The van der Waals surface area contributed by atoms with Crippen LogP contribution in [0.4, 0.5) is 0 Å². The fourth-order valence-electron chi connectivity index (χ4n) is 2.87. The van der Waals surface area contributed by atoms with Crippen molar-refractivity contribution in [1.29, 1.82) is 0 Å². The van der Waals surface area contributed by atoms with Gasteiger partial charge in [-0.05, 0) is 37.0 Å². The van der Waals surface area contributed by atoms with Crippen molar-refractivity contribution in [1.82, 2.24) is 4.90 Å². The zero-order valence-corrected chi connectivity index (χ0v) is 13.9. The van der Waals surface area contributed by atoms with Gasteiger partial charge >= 0.3 is 5.97 Å². The number of likely N-dealkylation sites (tertiary alicyclic amines) is 1. The number of carbonyl (C=O) groups excluding carboxylic acids is 1. The molecule has 1 aromatic rings. The van der Waals surface area contributed by atoms with E-state index in [4.69, 9.17) is 5.11 Å². The minimum absolute atomic E-state index is 0.0290. The lowest BCUT2D eigenvalue weighted by atomic mass is 9.98. The van der Waals surface area contributed by atoms with E-state index in [0.29, 0.717) is 13.0 Å². The van der Waals surface area contributed by atoms with Crippen LogP contribution >= 0.6 is 0 Å². The van der Waals surface area contributed by atoms with Gasteiger partial charge in [0, 0.05) is 18.8 Å². The molecule has 0 aliphatic carbocycles. The average molecular weight is 339 g/mol. The predicted octanol–water partition coefficient (Wildman–Crippen LogP) is 1.49. The quantitative estimate of drug-likeness (QED) is 0.877. The fraction of sp³-hybridized carbons (Fsp3) is 0.500. The molecule has 1 N–H and O–H groups in total. The standard InChI is InChI=1S/C16H21NO5S/c1-23(21,22)14-7-5-12(6-8-14)10-15(18)17-9-3-2-4-13(17)11-16(19)20/h5-8,13H,2-4,9-11H2,1H3,(H,19,20)/t13-/m0/s1. The highest BCUT2D eigenvalue weighted by Gasteiger charge is 2.28. The molecule has 0 aromatic heterocycles. The largest absolute Gasteiger partial charge is 0.481 e. The van der Waals surface area contributed by atoms with Crippen molar-refractivity contribution in [3.8, 4) is 0 Å². The molecule has 1 atom stereocenters. The first kappa shape index (κ1) is 17.5. The highest BCUT2D eigenvalue weighted by atomic mass is 32.2.